The molecule has 1 amide bonds. The van der Waals surface area contributed by atoms with Gasteiger partial charge in [0.25, 0.3) is 0 Å². The summed E-state index contributed by atoms with van der Waals surface area (Å²) in [6, 6.07) is 5.78. The summed E-state index contributed by atoms with van der Waals surface area (Å²) in [5.41, 5.74) is 4.18. The first-order valence-corrected chi connectivity index (χ1v) is 4.75. The lowest BCUT2D eigenvalue weighted by Crippen LogP contribution is -2.30. The Morgan fingerprint density at radius 1 is 1.57 bits per heavy atom. The molecule has 0 atom stereocenters. The van der Waals surface area contributed by atoms with Crippen LogP contribution in [0.2, 0.25) is 5.02 Å². The summed E-state index contributed by atoms with van der Waals surface area (Å²) in [5, 5.41) is 0.732. The highest BCUT2D eigenvalue weighted by Gasteiger charge is 2.01. The third kappa shape index (κ3) is 3.01. The predicted molar refractivity (Wildman–Crippen MR) is 56.8 cm³/mol. The molecule has 0 aliphatic rings. The average Bonchev–Trinajstić information content (AvgIpc) is 2.19. The van der Waals surface area contributed by atoms with Crippen molar-refractivity contribution in [2.75, 3.05) is 0 Å². The zero-order chi connectivity index (χ0) is 10.6. The Kier molecular flexibility index (Phi) is 3.92. The standard InChI is InChI=1S/C10H13ClN2O/c1-7-2-3-8(6-9(7)11)4-5-10(14)13-12/h2-3,6H,4-5,12H2,1H3,(H,13,14). The summed E-state index contributed by atoms with van der Waals surface area (Å²) < 4.78 is 0. The Morgan fingerprint density at radius 2 is 2.29 bits per heavy atom. The highest BCUT2D eigenvalue weighted by atomic mass is 35.5. The summed E-state index contributed by atoms with van der Waals surface area (Å²) in [6.45, 7) is 1.94. The Balaban J connectivity index is 2.60. The molecule has 0 saturated heterocycles. The van der Waals surface area contributed by atoms with E-state index in [4.69, 9.17) is 17.4 Å². The van der Waals surface area contributed by atoms with E-state index in [1.807, 2.05) is 25.1 Å². The Labute approximate surface area is 88.2 Å². The van der Waals surface area contributed by atoms with Crippen LogP contribution in [-0.4, -0.2) is 5.91 Å². The number of halogens is 1. The van der Waals surface area contributed by atoms with Crippen LogP contribution >= 0.6 is 11.6 Å². The molecule has 4 heteroatoms. The largest absolute Gasteiger partial charge is 0.294 e. The Morgan fingerprint density at radius 3 is 2.86 bits per heavy atom. The van der Waals surface area contributed by atoms with E-state index in [9.17, 15) is 4.79 Å². The summed E-state index contributed by atoms with van der Waals surface area (Å²) in [6.07, 6.45) is 1.04. The molecule has 0 aliphatic carbocycles. The van der Waals surface area contributed by atoms with Gasteiger partial charge in [-0.25, -0.2) is 5.84 Å². The maximum Gasteiger partial charge on any atom is 0.234 e. The number of hydrogen-bond donors (Lipinski definition) is 2. The number of hydrogen-bond acceptors (Lipinski definition) is 2. The normalized spacial score (nSPS) is 9.93. The number of carbonyl (C=O) groups is 1. The number of nitrogens with two attached hydrogens (primary N) is 1. The van der Waals surface area contributed by atoms with E-state index in [1.54, 1.807) is 0 Å². The molecule has 0 aliphatic heterocycles. The van der Waals surface area contributed by atoms with Gasteiger partial charge in [-0.1, -0.05) is 23.7 Å². The van der Waals surface area contributed by atoms with E-state index < -0.39 is 0 Å². The third-order valence-electron chi connectivity index (χ3n) is 2.04. The molecule has 3 nitrogen and oxygen atoms in total. The smallest absolute Gasteiger partial charge is 0.234 e. The molecular formula is C10H13ClN2O. The van der Waals surface area contributed by atoms with E-state index in [0.717, 1.165) is 16.1 Å². The second-order valence-corrected chi connectivity index (χ2v) is 3.56. The van der Waals surface area contributed by atoms with Crippen molar-refractivity contribution in [3.8, 4) is 0 Å². The molecule has 0 aromatic heterocycles. The van der Waals surface area contributed by atoms with Gasteiger partial charge in [-0.3, -0.25) is 10.2 Å². The van der Waals surface area contributed by atoms with Gasteiger partial charge in [0.05, 0.1) is 0 Å². The molecule has 0 unspecified atom stereocenters. The van der Waals surface area contributed by atoms with Crippen molar-refractivity contribution >= 4 is 17.5 Å². The summed E-state index contributed by atoms with van der Waals surface area (Å²) in [7, 11) is 0. The van der Waals surface area contributed by atoms with Gasteiger partial charge in [0.2, 0.25) is 5.91 Å². The van der Waals surface area contributed by atoms with E-state index in [2.05, 4.69) is 5.43 Å². The van der Waals surface area contributed by atoms with Crippen LogP contribution in [0.4, 0.5) is 0 Å². The highest BCUT2D eigenvalue weighted by molar-refractivity contribution is 6.31. The van der Waals surface area contributed by atoms with Crippen LogP contribution < -0.4 is 11.3 Å². The molecule has 1 aromatic rings. The second-order valence-electron chi connectivity index (χ2n) is 3.15. The molecule has 1 rings (SSSR count). The molecule has 0 spiro atoms. The first-order valence-electron chi connectivity index (χ1n) is 4.38. The summed E-state index contributed by atoms with van der Waals surface area (Å²) in [5.74, 6) is 4.80. The van der Waals surface area contributed by atoms with Gasteiger partial charge in [0, 0.05) is 11.4 Å². The molecule has 0 fully saturated rings. The van der Waals surface area contributed by atoms with Crippen molar-refractivity contribution in [3.05, 3.63) is 34.3 Å². The summed E-state index contributed by atoms with van der Waals surface area (Å²) >= 11 is 5.94. The number of amides is 1. The minimum absolute atomic E-state index is 0.165. The maximum atomic E-state index is 10.9. The predicted octanol–water partition coefficient (Wildman–Crippen LogP) is 1.57. The lowest BCUT2D eigenvalue weighted by molar-refractivity contribution is -0.121. The lowest BCUT2D eigenvalue weighted by atomic mass is 10.1. The minimum Gasteiger partial charge on any atom is -0.294 e. The van der Waals surface area contributed by atoms with Crippen LogP contribution in [0.25, 0.3) is 0 Å². The topological polar surface area (TPSA) is 55.1 Å². The first-order chi connectivity index (χ1) is 6.63. The van der Waals surface area contributed by atoms with Crippen LogP contribution in [0.15, 0.2) is 18.2 Å². The zero-order valence-electron chi connectivity index (χ0n) is 8.01. The molecule has 0 radical (unpaired) electrons. The van der Waals surface area contributed by atoms with Gasteiger partial charge in [0.1, 0.15) is 0 Å². The number of aryl methyl sites for hydroxylation is 2. The van der Waals surface area contributed by atoms with Gasteiger partial charge in [-0.15, -0.1) is 0 Å². The van der Waals surface area contributed by atoms with Gasteiger partial charge in [-0.2, -0.15) is 0 Å². The second kappa shape index (κ2) is 4.98. The fourth-order valence-corrected chi connectivity index (χ4v) is 1.33. The average molecular weight is 213 g/mol. The third-order valence-corrected chi connectivity index (χ3v) is 2.45. The molecule has 1 aromatic carbocycles. The molecule has 0 heterocycles. The maximum absolute atomic E-state index is 10.9. The Bertz CT molecular complexity index is 339. The molecule has 0 saturated carbocycles. The van der Waals surface area contributed by atoms with E-state index in [-0.39, 0.29) is 5.91 Å². The van der Waals surface area contributed by atoms with Crippen LogP contribution in [0.5, 0.6) is 0 Å². The van der Waals surface area contributed by atoms with Crippen molar-refractivity contribution in [2.45, 2.75) is 19.8 Å². The summed E-state index contributed by atoms with van der Waals surface area (Å²) in [4.78, 5) is 10.9. The SMILES string of the molecule is Cc1ccc(CCC(=O)NN)cc1Cl. The van der Waals surface area contributed by atoms with Crippen LogP contribution in [0, 0.1) is 6.92 Å². The fourth-order valence-electron chi connectivity index (χ4n) is 1.12. The molecule has 3 N–H and O–H groups in total. The van der Waals surface area contributed by atoms with Crippen molar-refractivity contribution in [1.82, 2.24) is 5.43 Å². The number of hydrazine groups is 1. The van der Waals surface area contributed by atoms with Crippen LogP contribution in [0.3, 0.4) is 0 Å². The van der Waals surface area contributed by atoms with Crippen LogP contribution in [-0.2, 0) is 11.2 Å². The number of nitrogens with one attached hydrogen (secondary N) is 1. The van der Waals surface area contributed by atoms with Crippen molar-refractivity contribution in [3.63, 3.8) is 0 Å². The Hall–Kier alpha value is -1.06. The van der Waals surface area contributed by atoms with E-state index in [0.29, 0.717) is 12.8 Å². The van der Waals surface area contributed by atoms with Crippen molar-refractivity contribution < 1.29 is 4.79 Å². The van der Waals surface area contributed by atoms with E-state index >= 15 is 0 Å². The fraction of sp³-hybridized carbons (Fsp3) is 0.300. The first kappa shape index (κ1) is 11.0. The van der Waals surface area contributed by atoms with Gasteiger partial charge >= 0.3 is 0 Å². The highest BCUT2D eigenvalue weighted by Crippen LogP contribution is 2.17. The van der Waals surface area contributed by atoms with Gasteiger partial charge in [-0.05, 0) is 30.5 Å². The lowest BCUT2D eigenvalue weighted by Gasteiger charge is -2.03. The van der Waals surface area contributed by atoms with E-state index in [1.165, 1.54) is 0 Å². The van der Waals surface area contributed by atoms with Crippen LogP contribution in [0.1, 0.15) is 17.5 Å². The molecule has 76 valence electrons. The van der Waals surface area contributed by atoms with Gasteiger partial charge in [0.15, 0.2) is 0 Å². The zero-order valence-corrected chi connectivity index (χ0v) is 8.77. The number of carbonyl (C=O) groups excluding carboxylic acids is 1. The molecule has 0 bridgehead atoms. The van der Waals surface area contributed by atoms with Crippen molar-refractivity contribution in [2.24, 2.45) is 5.84 Å². The van der Waals surface area contributed by atoms with Gasteiger partial charge < -0.3 is 0 Å². The quantitative estimate of drug-likeness (QED) is 0.454. The number of rotatable bonds is 3. The monoisotopic (exact) mass is 212 g/mol. The molecule has 14 heavy (non-hydrogen) atoms. The van der Waals surface area contributed by atoms with Crippen molar-refractivity contribution in [1.29, 1.82) is 0 Å². The minimum atomic E-state index is -0.165. The molecular weight excluding hydrogens is 200 g/mol. The number of benzene rings is 1.